The third-order valence-electron chi connectivity index (χ3n) is 2.44. The molecule has 2 aromatic rings. The second-order valence-corrected chi connectivity index (χ2v) is 3.83. The van der Waals surface area contributed by atoms with Crippen molar-refractivity contribution < 1.29 is 13.9 Å². The van der Waals surface area contributed by atoms with Crippen LogP contribution in [0.25, 0.3) is 0 Å². The van der Waals surface area contributed by atoms with Crippen LogP contribution in [0.4, 0.5) is 9.18 Å². The summed E-state index contributed by atoms with van der Waals surface area (Å²) >= 11 is 0. The molecule has 0 aliphatic carbocycles. The Labute approximate surface area is 104 Å². The van der Waals surface area contributed by atoms with Crippen LogP contribution in [0.3, 0.4) is 0 Å². The molecule has 0 radical (unpaired) electrons. The molecule has 0 fully saturated rings. The highest BCUT2D eigenvalue weighted by Gasteiger charge is 2.06. The molecule has 0 unspecified atom stereocenters. The van der Waals surface area contributed by atoms with E-state index in [0.29, 0.717) is 12.4 Å². The van der Waals surface area contributed by atoms with E-state index in [2.05, 4.69) is 5.32 Å². The molecule has 2 rings (SSSR count). The van der Waals surface area contributed by atoms with Gasteiger partial charge in [-0.1, -0.05) is 12.1 Å². The van der Waals surface area contributed by atoms with E-state index in [0.717, 1.165) is 5.56 Å². The summed E-state index contributed by atoms with van der Waals surface area (Å²) in [6, 6.07) is 9.38. The third-order valence-corrected chi connectivity index (χ3v) is 2.44. The SMILES string of the molecule is Cn1cccc1OC(=O)NCc1ccc(F)cc1. The molecule has 1 N–H and O–H groups in total. The lowest BCUT2D eigenvalue weighted by Gasteiger charge is -2.07. The van der Waals surface area contributed by atoms with E-state index in [1.54, 1.807) is 42.1 Å². The zero-order valence-corrected chi connectivity index (χ0v) is 9.89. The van der Waals surface area contributed by atoms with E-state index in [9.17, 15) is 9.18 Å². The molecule has 94 valence electrons. The van der Waals surface area contributed by atoms with Crippen LogP contribution in [-0.2, 0) is 13.6 Å². The number of nitrogens with one attached hydrogen (secondary N) is 1. The number of nitrogens with zero attached hydrogens (tertiary/aromatic N) is 1. The fourth-order valence-electron chi connectivity index (χ4n) is 1.46. The highest BCUT2D eigenvalue weighted by atomic mass is 19.1. The van der Waals surface area contributed by atoms with Gasteiger partial charge in [0, 0.05) is 25.9 Å². The number of benzene rings is 1. The number of aromatic nitrogens is 1. The maximum absolute atomic E-state index is 12.7. The number of halogens is 1. The first-order chi connectivity index (χ1) is 8.65. The lowest BCUT2D eigenvalue weighted by Crippen LogP contribution is -2.26. The first kappa shape index (κ1) is 12.2. The Balaban J connectivity index is 1.85. The maximum Gasteiger partial charge on any atom is 0.414 e. The Morgan fingerprint density at radius 3 is 2.67 bits per heavy atom. The molecule has 1 aromatic heterocycles. The summed E-state index contributed by atoms with van der Waals surface area (Å²) < 4.78 is 19.4. The molecular formula is C13H13FN2O2. The molecule has 1 heterocycles. The molecule has 4 nitrogen and oxygen atoms in total. The van der Waals surface area contributed by atoms with Crippen molar-refractivity contribution in [3.05, 3.63) is 54.0 Å². The van der Waals surface area contributed by atoms with Gasteiger partial charge in [-0.15, -0.1) is 0 Å². The predicted octanol–water partition coefficient (Wildman–Crippen LogP) is 2.45. The predicted molar refractivity (Wildman–Crippen MR) is 64.7 cm³/mol. The van der Waals surface area contributed by atoms with E-state index in [1.807, 2.05) is 0 Å². The first-order valence-corrected chi connectivity index (χ1v) is 5.46. The van der Waals surface area contributed by atoms with Crippen LogP contribution in [0.5, 0.6) is 5.88 Å². The fraction of sp³-hybridized carbons (Fsp3) is 0.154. The number of aryl methyl sites for hydroxylation is 1. The number of hydrogen-bond donors (Lipinski definition) is 1. The molecule has 1 amide bonds. The topological polar surface area (TPSA) is 43.3 Å². The van der Waals surface area contributed by atoms with Crippen molar-refractivity contribution in [2.45, 2.75) is 6.54 Å². The minimum absolute atomic E-state index is 0.295. The molecule has 5 heteroatoms. The normalized spacial score (nSPS) is 10.1. The van der Waals surface area contributed by atoms with E-state index in [-0.39, 0.29) is 5.82 Å². The van der Waals surface area contributed by atoms with Gasteiger partial charge in [0.05, 0.1) is 0 Å². The van der Waals surface area contributed by atoms with Gasteiger partial charge in [-0.2, -0.15) is 0 Å². The second-order valence-electron chi connectivity index (χ2n) is 3.83. The number of rotatable bonds is 3. The van der Waals surface area contributed by atoms with Crippen molar-refractivity contribution >= 4 is 6.09 Å². The first-order valence-electron chi connectivity index (χ1n) is 5.46. The molecule has 18 heavy (non-hydrogen) atoms. The summed E-state index contributed by atoms with van der Waals surface area (Å²) in [7, 11) is 1.78. The van der Waals surface area contributed by atoms with E-state index in [4.69, 9.17) is 4.74 Å². The number of ether oxygens (including phenoxy) is 1. The van der Waals surface area contributed by atoms with Crippen LogP contribution in [0.2, 0.25) is 0 Å². The largest absolute Gasteiger partial charge is 0.414 e. The summed E-state index contributed by atoms with van der Waals surface area (Å²) in [4.78, 5) is 11.5. The molecule has 0 atom stereocenters. The number of carbonyl (C=O) groups is 1. The van der Waals surface area contributed by atoms with Gasteiger partial charge >= 0.3 is 6.09 Å². The molecule has 0 aliphatic rings. The van der Waals surface area contributed by atoms with Crippen LogP contribution in [-0.4, -0.2) is 10.7 Å². The van der Waals surface area contributed by atoms with Crippen molar-refractivity contribution in [1.29, 1.82) is 0 Å². The molecule has 0 saturated carbocycles. The smallest absolute Gasteiger partial charge is 0.393 e. The third kappa shape index (κ3) is 3.10. The van der Waals surface area contributed by atoms with E-state index in [1.165, 1.54) is 12.1 Å². The van der Waals surface area contributed by atoms with Crippen LogP contribution >= 0.6 is 0 Å². The van der Waals surface area contributed by atoms with Crippen molar-refractivity contribution in [3.63, 3.8) is 0 Å². The molecule has 0 saturated heterocycles. The molecular weight excluding hydrogens is 235 g/mol. The summed E-state index contributed by atoms with van der Waals surface area (Å²) in [5.41, 5.74) is 0.806. The average molecular weight is 248 g/mol. The number of hydrogen-bond acceptors (Lipinski definition) is 2. The van der Waals surface area contributed by atoms with E-state index >= 15 is 0 Å². The van der Waals surface area contributed by atoms with Gasteiger partial charge in [0.25, 0.3) is 0 Å². The Bertz CT molecular complexity index is 534. The van der Waals surface area contributed by atoms with Gasteiger partial charge < -0.3 is 14.6 Å². The monoisotopic (exact) mass is 248 g/mol. The summed E-state index contributed by atoms with van der Waals surface area (Å²) in [5.74, 6) is 0.164. The van der Waals surface area contributed by atoms with Gasteiger partial charge in [-0.25, -0.2) is 9.18 Å². The highest BCUT2D eigenvalue weighted by Crippen LogP contribution is 2.09. The Morgan fingerprint density at radius 1 is 1.33 bits per heavy atom. The second kappa shape index (κ2) is 5.35. The zero-order chi connectivity index (χ0) is 13.0. The molecule has 0 aliphatic heterocycles. The van der Waals surface area contributed by atoms with Crippen molar-refractivity contribution in [3.8, 4) is 5.88 Å². The van der Waals surface area contributed by atoms with Crippen molar-refractivity contribution in [1.82, 2.24) is 9.88 Å². The Kier molecular flexibility index (Phi) is 3.62. The van der Waals surface area contributed by atoms with Crippen molar-refractivity contribution in [2.75, 3.05) is 0 Å². The lowest BCUT2D eigenvalue weighted by atomic mass is 10.2. The zero-order valence-electron chi connectivity index (χ0n) is 9.89. The van der Waals surface area contributed by atoms with Gasteiger partial charge in [-0.05, 0) is 23.8 Å². The average Bonchev–Trinajstić information content (AvgIpc) is 2.74. The standard InChI is InChI=1S/C13H13FN2O2/c1-16-8-2-3-12(16)18-13(17)15-9-10-4-6-11(14)7-5-10/h2-8H,9H2,1H3,(H,15,17). The summed E-state index contributed by atoms with van der Waals surface area (Å²) in [5, 5.41) is 2.59. The maximum atomic E-state index is 12.7. The van der Waals surface area contributed by atoms with Gasteiger partial charge in [0.15, 0.2) is 0 Å². The van der Waals surface area contributed by atoms with Crippen molar-refractivity contribution in [2.24, 2.45) is 7.05 Å². The quantitative estimate of drug-likeness (QED) is 0.906. The summed E-state index contributed by atoms with van der Waals surface area (Å²) in [6.07, 6.45) is 1.24. The van der Waals surface area contributed by atoms with Crippen LogP contribution < -0.4 is 10.1 Å². The van der Waals surface area contributed by atoms with Crippen LogP contribution in [0.15, 0.2) is 42.6 Å². The van der Waals surface area contributed by atoms with Crippen LogP contribution in [0.1, 0.15) is 5.56 Å². The summed E-state index contributed by atoms with van der Waals surface area (Å²) in [6.45, 7) is 0.295. The highest BCUT2D eigenvalue weighted by molar-refractivity contribution is 5.69. The minimum Gasteiger partial charge on any atom is -0.393 e. The number of carbonyl (C=O) groups excluding carboxylic acids is 1. The lowest BCUT2D eigenvalue weighted by molar-refractivity contribution is 0.196. The van der Waals surface area contributed by atoms with E-state index < -0.39 is 6.09 Å². The Morgan fingerprint density at radius 2 is 2.06 bits per heavy atom. The Hall–Kier alpha value is -2.30. The molecule has 1 aromatic carbocycles. The van der Waals surface area contributed by atoms with Crippen LogP contribution in [0, 0.1) is 5.82 Å². The molecule has 0 bridgehead atoms. The number of amides is 1. The molecule has 0 spiro atoms. The fourth-order valence-corrected chi connectivity index (χ4v) is 1.46. The minimum atomic E-state index is -0.541. The van der Waals surface area contributed by atoms with Gasteiger partial charge in [-0.3, -0.25) is 0 Å². The van der Waals surface area contributed by atoms with Gasteiger partial charge in [0.1, 0.15) is 5.82 Å². The van der Waals surface area contributed by atoms with Gasteiger partial charge in [0.2, 0.25) is 5.88 Å².